The first-order valence-electron chi connectivity index (χ1n) is 14.0. The molecule has 0 fully saturated rings. The third kappa shape index (κ3) is 8.82. The first-order chi connectivity index (χ1) is 22.6. The Labute approximate surface area is 298 Å². The SMILES string of the molecule is CCn1nnc2c(C)c(Br)ccc21.Cc1c(Br)ccc(F)c1[N+](=O)[O-].Cc1c(Br)ccc2c1nnn2C.Cc1cccc(F)c1[N+](=O)[O-]. The molecule has 6 rings (SSSR count). The van der Waals surface area contributed by atoms with Crippen LogP contribution in [-0.2, 0) is 13.6 Å². The fraction of sp³-hybridized carbons (Fsp3) is 0.226. The lowest BCUT2D eigenvalue weighted by molar-refractivity contribution is -0.388. The van der Waals surface area contributed by atoms with Crippen LogP contribution < -0.4 is 0 Å². The second-order valence-electron chi connectivity index (χ2n) is 10.1. The summed E-state index contributed by atoms with van der Waals surface area (Å²) in [6.45, 7) is 9.98. The highest BCUT2D eigenvalue weighted by Crippen LogP contribution is 2.28. The number of nitro groups is 2. The largest absolute Gasteiger partial charge is 0.308 e. The summed E-state index contributed by atoms with van der Waals surface area (Å²) < 4.78 is 31.9. The number of hydrogen-bond donors (Lipinski definition) is 0. The summed E-state index contributed by atoms with van der Waals surface area (Å²) in [7, 11) is 1.89. The van der Waals surface area contributed by atoms with Gasteiger partial charge in [0.15, 0.2) is 0 Å². The molecule has 12 nitrogen and oxygen atoms in total. The third-order valence-corrected chi connectivity index (χ3v) is 9.59. The van der Waals surface area contributed by atoms with Crippen LogP contribution in [-0.4, -0.2) is 39.8 Å². The Morgan fingerprint density at radius 2 is 1.17 bits per heavy atom. The van der Waals surface area contributed by atoms with E-state index in [1.807, 2.05) is 49.8 Å². The number of nitrogens with zero attached hydrogens (tertiary/aromatic N) is 8. The lowest BCUT2D eigenvalue weighted by atomic mass is 10.2. The molecule has 0 saturated carbocycles. The quantitative estimate of drug-likeness (QED) is 0.126. The highest BCUT2D eigenvalue weighted by Gasteiger charge is 2.19. The van der Waals surface area contributed by atoms with E-state index in [0.29, 0.717) is 15.6 Å². The van der Waals surface area contributed by atoms with E-state index in [4.69, 9.17) is 0 Å². The Morgan fingerprint density at radius 3 is 1.67 bits per heavy atom. The fourth-order valence-corrected chi connectivity index (χ4v) is 5.27. The predicted molar refractivity (Wildman–Crippen MR) is 190 cm³/mol. The van der Waals surface area contributed by atoms with Crippen LogP contribution in [0.2, 0.25) is 0 Å². The molecule has 0 amide bonds. The molecular weight excluding hydrogens is 826 g/mol. The van der Waals surface area contributed by atoms with Gasteiger partial charge in [-0.3, -0.25) is 20.2 Å². The van der Waals surface area contributed by atoms with E-state index in [2.05, 4.69) is 75.3 Å². The van der Waals surface area contributed by atoms with Crippen LogP contribution in [0.3, 0.4) is 0 Å². The Bertz CT molecular complexity index is 2100. The molecule has 0 N–H and O–H groups in total. The lowest BCUT2D eigenvalue weighted by Crippen LogP contribution is -1.95. The standard InChI is InChI=1S/C9H10BrN3.C8H8BrN3.C7H5BrFNO2.C7H6FNO2/c1-3-13-8-5-4-7(10)6(2)9(8)11-12-13;1-5-6(9)3-4-7-8(5)10-11-12(7)2;1-4-5(8)2-3-6(9)7(4)10(11)12;1-5-3-2-4-6(8)7(5)9(10)11/h4-5H,3H2,1-2H3;3-4H,1-2H3;2-3H,1H3;2-4H,1H3. The van der Waals surface area contributed by atoms with Crippen molar-refractivity contribution in [2.24, 2.45) is 7.05 Å². The summed E-state index contributed by atoms with van der Waals surface area (Å²) in [5.41, 5.74) is 6.15. The molecule has 0 bridgehead atoms. The van der Waals surface area contributed by atoms with Gasteiger partial charge in [0.2, 0.25) is 11.6 Å². The van der Waals surface area contributed by atoms with E-state index >= 15 is 0 Å². The normalized spacial score (nSPS) is 10.4. The summed E-state index contributed by atoms with van der Waals surface area (Å²) >= 11 is 10.00. The minimum Gasteiger partial charge on any atom is -0.258 e. The average Bonchev–Trinajstić information content (AvgIpc) is 3.63. The topological polar surface area (TPSA) is 148 Å². The van der Waals surface area contributed by atoms with Crippen molar-refractivity contribution >= 4 is 81.2 Å². The zero-order valence-corrected chi connectivity index (χ0v) is 31.3. The summed E-state index contributed by atoms with van der Waals surface area (Å²) in [4.78, 5) is 19.1. The molecule has 0 atom stereocenters. The van der Waals surface area contributed by atoms with Gasteiger partial charge in [-0.15, -0.1) is 10.2 Å². The number of aromatic nitrogens is 6. The highest BCUT2D eigenvalue weighted by atomic mass is 79.9. The van der Waals surface area contributed by atoms with Gasteiger partial charge in [0.05, 0.1) is 20.9 Å². The lowest BCUT2D eigenvalue weighted by Gasteiger charge is -1.99. The molecule has 0 aliphatic rings. The molecule has 0 spiro atoms. The van der Waals surface area contributed by atoms with Crippen LogP contribution >= 0.6 is 47.8 Å². The summed E-state index contributed by atoms with van der Waals surface area (Å²) in [6, 6.07) is 14.6. The molecule has 2 heterocycles. The maximum absolute atomic E-state index is 12.8. The van der Waals surface area contributed by atoms with Gasteiger partial charge in [-0.05, 0) is 88.2 Å². The van der Waals surface area contributed by atoms with Gasteiger partial charge >= 0.3 is 11.4 Å². The number of nitro benzene ring substituents is 2. The Morgan fingerprint density at radius 1 is 0.688 bits per heavy atom. The van der Waals surface area contributed by atoms with Crippen LogP contribution in [0, 0.1) is 59.6 Å². The number of halogens is 5. The minimum atomic E-state index is -0.805. The zero-order valence-electron chi connectivity index (χ0n) is 26.5. The summed E-state index contributed by atoms with van der Waals surface area (Å²) in [5, 5.41) is 36.7. The van der Waals surface area contributed by atoms with E-state index in [1.165, 1.54) is 32.0 Å². The van der Waals surface area contributed by atoms with Crippen molar-refractivity contribution in [2.75, 3.05) is 0 Å². The van der Waals surface area contributed by atoms with Gasteiger partial charge in [-0.1, -0.05) is 70.3 Å². The third-order valence-electron chi connectivity index (χ3n) is 7.01. The second-order valence-corrected chi connectivity index (χ2v) is 12.7. The average molecular weight is 855 g/mol. The van der Waals surface area contributed by atoms with E-state index < -0.39 is 32.9 Å². The smallest absolute Gasteiger partial charge is 0.258 e. The summed E-state index contributed by atoms with van der Waals surface area (Å²) in [5.74, 6) is -1.59. The first-order valence-corrected chi connectivity index (χ1v) is 16.4. The van der Waals surface area contributed by atoms with Crippen molar-refractivity contribution in [1.29, 1.82) is 0 Å². The van der Waals surface area contributed by atoms with Crippen LogP contribution in [0.1, 0.15) is 29.2 Å². The summed E-state index contributed by atoms with van der Waals surface area (Å²) in [6.07, 6.45) is 0. The predicted octanol–water partition coefficient (Wildman–Crippen LogP) is 9.41. The van der Waals surface area contributed by atoms with Gasteiger partial charge in [0.25, 0.3) is 0 Å². The molecule has 0 radical (unpaired) electrons. The van der Waals surface area contributed by atoms with Crippen LogP contribution in [0.4, 0.5) is 20.2 Å². The maximum Gasteiger partial charge on any atom is 0.308 e. The molecule has 0 aliphatic heterocycles. The van der Waals surface area contributed by atoms with Crippen molar-refractivity contribution in [1.82, 2.24) is 30.0 Å². The molecular formula is C31H29Br3F2N8O4. The van der Waals surface area contributed by atoms with Crippen LogP contribution in [0.5, 0.6) is 0 Å². The maximum atomic E-state index is 12.8. The van der Waals surface area contributed by atoms with Crippen molar-refractivity contribution in [3.8, 4) is 0 Å². The Hall–Kier alpha value is -4.22. The Balaban J connectivity index is 0.000000174. The molecule has 0 unspecified atom stereocenters. The number of hydrogen-bond acceptors (Lipinski definition) is 8. The zero-order chi connectivity index (χ0) is 35.9. The van der Waals surface area contributed by atoms with E-state index in [9.17, 15) is 29.0 Å². The van der Waals surface area contributed by atoms with E-state index in [0.717, 1.165) is 60.8 Å². The van der Waals surface area contributed by atoms with Crippen molar-refractivity contribution in [3.05, 3.63) is 122 Å². The van der Waals surface area contributed by atoms with Gasteiger partial charge in [-0.2, -0.15) is 8.78 Å². The molecule has 17 heteroatoms. The van der Waals surface area contributed by atoms with Gasteiger partial charge in [0, 0.05) is 38.1 Å². The molecule has 252 valence electrons. The fourth-order valence-electron chi connectivity index (χ4n) is 4.31. The molecule has 4 aromatic carbocycles. The van der Waals surface area contributed by atoms with E-state index in [1.54, 1.807) is 4.68 Å². The Kier molecular flexibility index (Phi) is 13.3. The van der Waals surface area contributed by atoms with Gasteiger partial charge < -0.3 is 0 Å². The highest BCUT2D eigenvalue weighted by molar-refractivity contribution is 9.11. The minimum absolute atomic E-state index is 0.306. The van der Waals surface area contributed by atoms with Crippen molar-refractivity contribution < 1.29 is 18.6 Å². The van der Waals surface area contributed by atoms with Crippen molar-refractivity contribution in [2.45, 2.75) is 41.2 Å². The number of fused-ring (bicyclic) bond motifs is 2. The molecule has 0 saturated heterocycles. The van der Waals surface area contributed by atoms with E-state index in [-0.39, 0.29) is 0 Å². The van der Waals surface area contributed by atoms with Gasteiger partial charge in [-0.25, -0.2) is 9.36 Å². The number of para-hydroxylation sites is 1. The molecule has 2 aromatic heterocycles. The van der Waals surface area contributed by atoms with Crippen LogP contribution in [0.25, 0.3) is 22.1 Å². The molecule has 6 aromatic rings. The number of aryl methyl sites for hydroxylation is 5. The monoisotopic (exact) mass is 852 g/mol. The number of benzene rings is 4. The second kappa shape index (κ2) is 16.7. The number of rotatable bonds is 3. The van der Waals surface area contributed by atoms with Gasteiger partial charge in [0.1, 0.15) is 11.0 Å². The van der Waals surface area contributed by atoms with Crippen molar-refractivity contribution in [3.63, 3.8) is 0 Å². The first kappa shape index (κ1) is 38.2. The van der Waals surface area contributed by atoms with Crippen LogP contribution in [0.15, 0.2) is 68.0 Å². The molecule has 48 heavy (non-hydrogen) atoms. The molecule has 0 aliphatic carbocycles.